The summed E-state index contributed by atoms with van der Waals surface area (Å²) in [6.45, 7) is 0. The molecule has 0 unspecified atom stereocenters. The molecule has 0 saturated carbocycles. The Morgan fingerprint density at radius 1 is 1.28 bits per heavy atom. The molecule has 6 heteroatoms. The van der Waals surface area contributed by atoms with Gasteiger partial charge in [0.05, 0.1) is 23.3 Å². The van der Waals surface area contributed by atoms with E-state index in [1.807, 2.05) is 36.0 Å². The smallest absolute Gasteiger partial charge is 0.128 e. The zero-order valence-electron chi connectivity index (χ0n) is 9.74. The van der Waals surface area contributed by atoms with Crippen molar-refractivity contribution in [3.8, 4) is 17.1 Å². The highest BCUT2D eigenvalue weighted by Gasteiger charge is 2.07. The van der Waals surface area contributed by atoms with E-state index in [-0.39, 0.29) is 0 Å². The number of hydrogen-bond acceptors (Lipinski definition) is 3. The third-order valence-corrected chi connectivity index (χ3v) is 3.02. The average Bonchev–Trinajstić information content (AvgIpc) is 2.96. The van der Waals surface area contributed by atoms with E-state index in [1.54, 1.807) is 23.3 Å². The van der Waals surface area contributed by atoms with Gasteiger partial charge >= 0.3 is 0 Å². The van der Waals surface area contributed by atoms with Crippen LogP contribution in [0.5, 0.6) is 0 Å². The standard InChI is InChI=1S/C12H11N5S/c1-16-11(4-6-14-16)10-7-12(18)17(15-10)9-3-2-5-13-8-9/h2-8,15H,1H3. The Bertz CT molecular complexity index is 722. The van der Waals surface area contributed by atoms with Crippen LogP contribution in [0.25, 0.3) is 17.1 Å². The van der Waals surface area contributed by atoms with Crippen molar-refractivity contribution < 1.29 is 0 Å². The van der Waals surface area contributed by atoms with Crippen LogP contribution in [-0.4, -0.2) is 24.5 Å². The van der Waals surface area contributed by atoms with Crippen LogP contribution in [0.4, 0.5) is 0 Å². The minimum Gasteiger partial charge on any atom is -0.291 e. The van der Waals surface area contributed by atoms with E-state index in [0.717, 1.165) is 17.1 Å². The van der Waals surface area contributed by atoms with Crippen molar-refractivity contribution in [3.63, 3.8) is 0 Å². The van der Waals surface area contributed by atoms with Crippen molar-refractivity contribution in [2.24, 2.45) is 7.05 Å². The second-order valence-electron chi connectivity index (χ2n) is 3.89. The molecule has 0 radical (unpaired) electrons. The predicted octanol–water partition coefficient (Wildman–Crippen LogP) is 2.33. The number of hydrogen-bond donors (Lipinski definition) is 1. The summed E-state index contributed by atoms with van der Waals surface area (Å²) in [4.78, 5) is 4.09. The van der Waals surface area contributed by atoms with E-state index in [4.69, 9.17) is 12.2 Å². The van der Waals surface area contributed by atoms with Crippen LogP contribution in [0.3, 0.4) is 0 Å². The molecule has 0 saturated heterocycles. The zero-order valence-corrected chi connectivity index (χ0v) is 10.6. The molecule has 0 aromatic carbocycles. The number of nitrogens with one attached hydrogen (secondary N) is 1. The van der Waals surface area contributed by atoms with Gasteiger partial charge in [0, 0.05) is 25.5 Å². The maximum absolute atomic E-state index is 5.35. The summed E-state index contributed by atoms with van der Waals surface area (Å²) in [5.74, 6) is 0. The topological polar surface area (TPSA) is 51.4 Å². The quantitative estimate of drug-likeness (QED) is 0.717. The molecule has 3 aromatic heterocycles. The van der Waals surface area contributed by atoms with E-state index in [1.165, 1.54) is 0 Å². The van der Waals surface area contributed by atoms with Gasteiger partial charge in [-0.1, -0.05) is 12.2 Å². The minimum atomic E-state index is 0.708. The molecule has 0 amide bonds. The Labute approximate surface area is 109 Å². The molecule has 3 aromatic rings. The fraction of sp³-hybridized carbons (Fsp3) is 0.0833. The van der Waals surface area contributed by atoms with Crippen LogP contribution in [0.1, 0.15) is 0 Å². The van der Waals surface area contributed by atoms with Gasteiger partial charge < -0.3 is 0 Å². The first-order valence-corrected chi connectivity index (χ1v) is 5.87. The Morgan fingerprint density at radius 2 is 2.17 bits per heavy atom. The van der Waals surface area contributed by atoms with E-state index in [0.29, 0.717) is 4.64 Å². The summed E-state index contributed by atoms with van der Waals surface area (Å²) in [5, 5.41) is 7.40. The largest absolute Gasteiger partial charge is 0.291 e. The molecule has 3 rings (SSSR count). The van der Waals surface area contributed by atoms with Gasteiger partial charge in [0.15, 0.2) is 0 Å². The normalized spacial score (nSPS) is 10.7. The lowest BCUT2D eigenvalue weighted by Crippen LogP contribution is -1.98. The van der Waals surface area contributed by atoms with Crippen LogP contribution < -0.4 is 0 Å². The van der Waals surface area contributed by atoms with Gasteiger partial charge in [-0.05, 0) is 18.2 Å². The van der Waals surface area contributed by atoms with Crippen molar-refractivity contribution in [3.05, 3.63) is 47.5 Å². The lowest BCUT2D eigenvalue weighted by molar-refractivity contribution is 0.768. The Balaban J connectivity index is 2.13. The summed E-state index contributed by atoms with van der Waals surface area (Å²) >= 11 is 5.35. The lowest BCUT2D eigenvalue weighted by atomic mass is 10.3. The number of pyridine rings is 1. The highest BCUT2D eigenvalue weighted by atomic mass is 32.1. The summed E-state index contributed by atoms with van der Waals surface area (Å²) in [5.41, 5.74) is 2.84. The Kier molecular flexibility index (Phi) is 2.56. The van der Waals surface area contributed by atoms with Crippen LogP contribution in [-0.2, 0) is 7.05 Å². The monoisotopic (exact) mass is 257 g/mol. The molecular formula is C12H11N5S. The minimum absolute atomic E-state index is 0.708. The highest BCUT2D eigenvalue weighted by molar-refractivity contribution is 7.71. The second-order valence-corrected chi connectivity index (χ2v) is 4.31. The van der Waals surface area contributed by atoms with Gasteiger partial charge in [0.25, 0.3) is 0 Å². The van der Waals surface area contributed by atoms with E-state index >= 15 is 0 Å². The van der Waals surface area contributed by atoms with Crippen molar-refractivity contribution in [1.29, 1.82) is 0 Å². The van der Waals surface area contributed by atoms with Crippen LogP contribution in [0.2, 0.25) is 0 Å². The summed E-state index contributed by atoms with van der Waals surface area (Å²) in [6.07, 6.45) is 5.25. The van der Waals surface area contributed by atoms with Crippen molar-refractivity contribution in [2.45, 2.75) is 0 Å². The molecule has 18 heavy (non-hydrogen) atoms. The van der Waals surface area contributed by atoms with Gasteiger partial charge in [0.1, 0.15) is 4.64 Å². The molecule has 0 bridgehead atoms. The molecule has 0 spiro atoms. The first kappa shape index (κ1) is 10.9. The van der Waals surface area contributed by atoms with Gasteiger partial charge in [-0.3, -0.25) is 14.8 Å². The zero-order chi connectivity index (χ0) is 12.5. The summed E-state index contributed by atoms with van der Waals surface area (Å²) < 4.78 is 4.33. The van der Waals surface area contributed by atoms with Crippen molar-refractivity contribution in [2.75, 3.05) is 0 Å². The number of rotatable bonds is 2. The molecule has 0 fully saturated rings. The molecule has 90 valence electrons. The van der Waals surface area contributed by atoms with Crippen molar-refractivity contribution >= 4 is 12.2 Å². The fourth-order valence-corrected chi connectivity index (χ4v) is 2.11. The van der Waals surface area contributed by atoms with E-state index in [2.05, 4.69) is 15.2 Å². The van der Waals surface area contributed by atoms with Gasteiger partial charge in [0.2, 0.25) is 0 Å². The Hall–Kier alpha value is -2.21. The Morgan fingerprint density at radius 3 is 2.83 bits per heavy atom. The fourth-order valence-electron chi connectivity index (χ4n) is 1.84. The van der Waals surface area contributed by atoms with E-state index < -0.39 is 0 Å². The third-order valence-electron chi connectivity index (χ3n) is 2.72. The summed E-state index contributed by atoms with van der Waals surface area (Å²) in [6, 6.07) is 7.68. The molecule has 0 aliphatic carbocycles. The number of nitrogens with zero attached hydrogens (tertiary/aromatic N) is 4. The molecule has 5 nitrogen and oxygen atoms in total. The lowest BCUT2D eigenvalue weighted by Gasteiger charge is -2.02. The summed E-state index contributed by atoms with van der Waals surface area (Å²) in [7, 11) is 1.90. The maximum atomic E-state index is 5.35. The molecule has 1 N–H and O–H groups in total. The van der Waals surface area contributed by atoms with E-state index in [9.17, 15) is 0 Å². The van der Waals surface area contributed by atoms with Crippen LogP contribution in [0.15, 0.2) is 42.9 Å². The van der Waals surface area contributed by atoms with Crippen LogP contribution >= 0.6 is 12.2 Å². The first-order chi connectivity index (χ1) is 8.75. The molecule has 3 heterocycles. The molecule has 0 aliphatic heterocycles. The number of aromatic amines is 1. The predicted molar refractivity (Wildman–Crippen MR) is 71.0 cm³/mol. The van der Waals surface area contributed by atoms with Gasteiger partial charge in [-0.2, -0.15) is 5.10 Å². The number of aromatic nitrogens is 5. The van der Waals surface area contributed by atoms with Crippen LogP contribution in [0, 0.1) is 4.64 Å². The molecule has 0 atom stereocenters. The van der Waals surface area contributed by atoms with Gasteiger partial charge in [-0.15, -0.1) is 0 Å². The number of H-pyrrole nitrogens is 1. The maximum Gasteiger partial charge on any atom is 0.128 e. The molecular weight excluding hydrogens is 246 g/mol. The third kappa shape index (κ3) is 1.76. The second kappa shape index (κ2) is 4.23. The van der Waals surface area contributed by atoms with Crippen molar-refractivity contribution in [1.82, 2.24) is 24.5 Å². The first-order valence-electron chi connectivity index (χ1n) is 5.46. The SMILES string of the molecule is Cn1nccc1-c1cc(=S)n(-c2cccnc2)[nH]1. The molecule has 0 aliphatic rings. The highest BCUT2D eigenvalue weighted by Crippen LogP contribution is 2.18. The van der Waals surface area contributed by atoms with Gasteiger partial charge in [-0.25, -0.2) is 4.68 Å². The number of aryl methyl sites for hydroxylation is 1. The average molecular weight is 257 g/mol.